The average molecular weight is 1310 g/mol. The van der Waals surface area contributed by atoms with Crippen molar-refractivity contribution in [3.8, 4) is 39.6 Å². The first-order valence-corrected chi connectivity index (χ1v) is 27.9. The summed E-state index contributed by atoms with van der Waals surface area (Å²) in [6, 6.07) is 15.7. The molecule has 1 aromatic heterocycles. The maximum absolute atomic E-state index is 14.0. The molecule has 2 aliphatic heterocycles. The van der Waals surface area contributed by atoms with Gasteiger partial charge in [-0.1, -0.05) is 35.3 Å². The Morgan fingerprint density at radius 2 is 1.11 bits per heavy atom. The van der Waals surface area contributed by atoms with E-state index in [1.54, 1.807) is 79.7 Å². The van der Waals surface area contributed by atoms with Gasteiger partial charge in [0, 0.05) is 136 Å². The third-order valence-corrected chi connectivity index (χ3v) is 14.0. The maximum Gasteiger partial charge on any atom is 3.00 e. The second-order valence-electron chi connectivity index (χ2n) is 20.6. The molecule has 25 nitrogen and oxygen atoms in total. The van der Waals surface area contributed by atoms with Crippen LogP contribution < -0.4 is 40.7 Å². The quantitative estimate of drug-likeness (QED) is 0.0614. The topological polar surface area (TPSA) is 297 Å². The van der Waals surface area contributed by atoms with E-state index in [4.69, 9.17) is 56.7 Å². The van der Waals surface area contributed by atoms with E-state index in [1.807, 2.05) is 39.0 Å². The van der Waals surface area contributed by atoms with Gasteiger partial charge in [-0.25, -0.2) is 9.48 Å². The minimum Gasteiger partial charge on any atom is -0.549 e. The van der Waals surface area contributed by atoms with Gasteiger partial charge in [0.2, 0.25) is 5.91 Å². The molecule has 1 saturated heterocycles. The molecule has 0 bridgehead atoms. The number of hydrogen-bond donors (Lipinski definition) is 3. The normalized spacial score (nSPS) is 14.6. The van der Waals surface area contributed by atoms with E-state index in [-0.39, 0.29) is 155 Å². The number of urea groups is 1. The number of halogens is 2. The number of fused-ring (bicyclic) bond motifs is 3. The smallest absolute Gasteiger partial charge is 0.549 e. The minimum atomic E-state index is -1.31. The Bertz CT molecular complexity index is 2790. The molecule has 3 heterocycles. The Morgan fingerprint density at radius 3 is 1.57 bits per heavy atom. The zero-order chi connectivity index (χ0) is 60.1. The summed E-state index contributed by atoms with van der Waals surface area (Å²) in [5.41, 5.74) is 4.32. The molecule has 0 radical (unpaired) electrons. The molecule has 28 heteroatoms. The summed E-state index contributed by atoms with van der Waals surface area (Å²) < 4.78 is 36.1. The van der Waals surface area contributed by atoms with Gasteiger partial charge in [0.05, 0.1) is 95.8 Å². The number of methoxy groups -OCH3 is 1. The number of carbonyl (C=O) groups excluding carboxylic acids is 6. The number of aromatic nitrogens is 2. The number of rotatable bonds is 28. The van der Waals surface area contributed by atoms with Crippen molar-refractivity contribution in [2.75, 3.05) is 164 Å². The summed E-state index contributed by atoms with van der Waals surface area (Å²) in [7, 11) is 3.31. The Morgan fingerprint density at radius 1 is 0.643 bits per heavy atom. The average Bonchev–Trinajstić information content (AvgIpc) is 2.60. The van der Waals surface area contributed by atoms with Crippen molar-refractivity contribution in [3.63, 3.8) is 0 Å². The van der Waals surface area contributed by atoms with E-state index in [0.717, 1.165) is 11.1 Å². The molecule has 84 heavy (non-hydrogen) atoms. The summed E-state index contributed by atoms with van der Waals surface area (Å²) in [5, 5.41) is 48.2. The van der Waals surface area contributed by atoms with E-state index in [1.165, 1.54) is 0 Å². The number of anilines is 1. The van der Waals surface area contributed by atoms with Crippen LogP contribution >= 0.6 is 23.2 Å². The third-order valence-electron chi connectivity index (χ3n) is 13.5. The van der Waals surface area contributed by atoms with Crippen LogP contribution in [0.15, 0.2) is 54.6 Å². The van der Waals surface area contributed by atoms with Gasteiger partial charge in [0.15, 0.2) is 5.69 Å². The van der Waals surface area contributed by atoms with Crippen LogP contribution in [0.1, 0.15) is 36.8 Å². The summed E-state index contributed by atoms with van der Waals surface area (Å²) in [6.45, 7) is 9.38. The van der Waals surface area contributed by atoms with Gasteiger partial charge in [-0.15, -0.1) is 0 Å². The molecule has 0 aliphatic carbocycles. The van der Waals surface area contributed by atoms with Gasteiger partial charge in [-0.05, 0) is 62.7 Å². The van der Waals surface area contributed by atoms with Crippen LogP contribution in [0.5, 0.6) is 11.5 Å². The molecule has 0 unspecified atom stereocenters. The van der Waals surface area contributed by atoms with E-state index >= 15 is 0 Å². The van der Waals surface area contributed by atoms with Crippen LogP contribution in [0.3, 0.4) is 0 Å². The standard InChI is InChI=1S/C56H76Cl2N10O15.In/c1-56(2,3)63(4)54(76)52-45-37-83-47-32-46(78-5)43(31-44(47)53(45)68(62-52)42-29-39(57)28-40(58)30-42)38-6-8-41(9-7-38)61-55(77)60-11-21-80-23-25-82-27-26-81-24-22-79-20-10-59-48(69)33-64-12-14-65(34-49(70)71)16-18-67(36-51(74)75)19-17-66(15-13-64)35-50(72)73;/h6-9,28-32H,10-27,33-37H2,1-5H3,(H,59,69)(H,70,71)(H,72,73)(H,74,75)(H2,60,61,77);/q;+3/p-3. The minimum absolute atomic E-state index is 0. The van der Waals surface area contributed by atoms with Crippen molar-refractivity contribution in [2.24, 2.45) is 0 Å². The van der Waals surface area contributed by atoms with Crippen LogP contribution in [0, 0.1) is 0 Å². The Hall–Kier alpha value is -5.78. The molecule has 0 saturated carbocycles. The van der Waals surface area contributed by atoms with Gasteiger partial charge in [-0.2, -0.15) is 5.10 Å². The van der Waals surface area contributed by atoms with Crippen molar-refractivity contribution in [1.82, 2.24) is 44.9 Å². The van der Waals surface area contributed by atoms with E-state index in [2.05, 4.69) is 16.0 Å². The number of benzene rings is 3. The van der Waals surface area contributed by atoms with Gasteiger partial charge in [-0.3, -0.25) is 29.2 Å². The largest absolute Gasteiger partial charge is 3.00 e. The Balaban J connectivity index is 0.0000129. The molecule has 6 rings (SSSR count). The number of hydrogen-bond acceptors (Lipinski definition) is 20. The molecule has 4 amide bonds. The number of amides is 4. The zero-order valence-corrected chi connectivity index (χ0v) is 52.9. The predicted molar refractivity (Wildman–Crippen MR) is 307 cm³/mol. The molecule has 0 spiro atoms. The van der Waals surface area contributed by atoms with Crippen LogP contribution in [0.2, 0.25) is 10.0 Å². The Kier molecular flexibility index (Phi) is 28.2. The van der Waals surface area contributed by atoms with Crippen molar-refractivity contribution in [2.45, 2.75) is 32.9 Å². The number of ether oxygens (including phenoxy) is 6. The second kappa shape index (κ2) is 34.4. The second-order valence-corrected chi connectivity index (χ2v) is 21.4. The van der Waals surface area contributed by atoms with Gasteiger partial charge in [0.1, 0.15) is 18.1 Å². The first kappa shape index (κ1) is 69.0. The van der Waals surface area contributed by atoms with E-state index in [9.17, 15) is 44.1 Å². The third kappa shape index (κ3) is 21.9. The molecular weight excluding hydrogens is 1240 g/mol. The summed E-state index contributed by atoms with van der Waals surface area (Å²) >= 11 is 12.9. The molecular formula is C56H73Cl2InN10O15. The monoisotopic (exact) mass is 1310 g/mol. The predicted octanol–water partition coefficient (Wildman–Crippen LogP) is -0.321. The fourth-order valence-corrected chi connectivity index (χ4v) is 9.46. The van der Waals surface area contributed by atoms with Crippen molar-refractivity contribution < 1.29 is 72.5 Å². The summed E-state index contributed by atoms with van der Waals surface area (Å²) in [6.07, 6.45) is 0. The van der Waals surface area contributed by atoms with E-state index in [0.29, 0.717) is 82.8 Å². The fraction of sp³-hybridized carbons (Fsp3) is 0.518. The van der Waals surface area contributed by atoms with Crippen molar-refractivity contribution in [3.05, 3.63) is 75.9 Å². The molecule has 4 aromatic rings. The number of carboxylic acid groups (broad SMARTS) is 3. The number of carboxylic acids is 3. The van der Waals surface area contributed by atoms with Crippen LogP contribution in [0.4, 0.5) is 10.5 Å². The number of aliphatic carboxylic acids is 3. The fourth-order valence-electron chi connectivity index (χ4n) is 8.94. The zero-order valence-electron chi connectivity index (χ0n) is 48.0. The number of carbonyl (C=O) groups is 6. The molecule has 454 valence electrons. The Labute approximate surface area is 517 Å². The maximum atomic E-state index is 14.0. The van der Waals surface area contributed by atoms with Gasteiger partial charge >= 0.3 is 31.9 Å². The molecule has 1 fully saturated rings. The van der Waals surface area contributed by atoms with Crippen LogP contribution in [-0.4, -0.2) is 260 Å². The van der Waals surface area contributed by atoms with Crippen LogP contribution in [0.25, 0.3) is 28.1 Å². The first-order valence-electron chi connectivity index (χ1n) is 27.1. The van der Waals surface area contributed by atoms with Crippen molar-refractivity contribution >= 4 is 90.5 Å². The molecule has 0 atom stereocenters. The molecule has 2 aliphatic rings. The first-order chi connectivity index (χ1) is 39.7. The van der Waals surface area contributed by atoms with E-state index < -0.39 is 36.0 Å². The number of nitrogens with zero attached hydrogens (tertiary/aromatic N) is 7. The molecule has 3 N–H and O–H groups in total. The SMILES string of the molecule is COc1cc2c(cc1-c1ccc(NC(=O)NCCOCCOCCOCCOCCNC(=O)CN3CCN(CC(=O)[O-])CCN(CC(=O)[O-])CCN(CC(=O)[O-])CC3)cc1)-c1c(c(C(=O)N(C)C(C)(C)C)nn1-c1cc(Cl)cc(Cl)c1)CO2.[In+3]. The van der Waals surface area contributed by atoms with Gasteiger partial charge < -0.3 is 79.0 Å². The van der Waals surface area contributed by atoms with Gasteiger partial charge in [0.25, 0.3) is 5.91 Å². The van der Waals surface area contributed by atoms with Crippen molar-refractivity contribution in [1.29, 1.82) is 0 Å². The van der Waals surface area contributed by atoms with Crippen LogP contribution in [-0.2, 0) is 44.7 Å². The molecule has 3 aromatic carbocycles. The summed E-state index contributed by atoms with van der Waals surface area (Å²) in [4.78, 5) is 82.0. The number of nitrogens with one attached hydrogen (secondary N) is 3. The summed E-state index contributed by atoms with van der Waals surface area (Å²) in [5.74, 6) is -3.39.